The van der Waals surface area contributed by atoms with Crippen LogP contribution in [0.15, 0.2) is 48.5 Å². The highest BCUT2D eigenvalue weighted by atomic mass is 19.2. The molecule has 0 fully saturated rings. The molecule has 15 heavy (non-hydrogen) atoms. The quantitative estimate of drug-likeness (QED) is 0.725. The average molecular weight is 201 g/mol. The lowest BCUT2D eigenvalue weighted by Crippen LogP contribution is -1.82. The molecule has 2 aromatic rings. The molecule has 1 nitrogen and oxygen atoms in total. The van der Waals surface area contributed by atoms with E-state index in [9.17, 15) is 4.48 Å². The molecule has 0 aliphatic rings. The Hall–Kier alpha value is -1.83. The molecule has 1 N–H and O–H groups in total. The maximum Gasteiger partial charge on any atom is 0.0656 e. The molecule has 0 atom stereocenters. The van der Waals surface area contributed by atoms with E-state index < -0.39 is 0 Å². The van der Waals surface area contributed by atoms with Gasteiger partial charge >= 0.3 is 0 Å². The smallest absolute Gasteiger partial charge is 0.0656 e. The summed E-state index contributed by atoms with van der Waals surface area (Å²) in [6.45, 7) is 2.06. The van der Waals surface area contributed by atoms with Crippen LogP contribution in [0.5, 0.6) is 0 Å². The van der Waals surface area contributed by atoms with E-state index in [1.807, 2.05) is 12.1 Å². The molecule has 0 heterocycles. The number of anilines is 1. The molecule has 2 rings (SSSR count). The van der Waals surface area contributed by atoms with Crippen molar-refractivity contribution < 1.29 is 4.48 Å². The van der Waals surface area contributed by atoms with Gasteiger partial charge in [0.15, 0.2) is 0 Å². The number of hydrogen-bond acceptors (Lipinski definition) is 1. The first kappa shape index (κ1) is 9.71. The molecule has 0 aromatic heterocycles. The van der Waals surface area contributed by atoms with Gasteiger partial charge in [0.25, 0.3) is 0 Å². The van der Waals surface area contributed by atoms with Gasteiger partial charge in [0.1, 0.15) is 0 Å². The van der Waals surface area contributed by atoms with Crippen LogP contribution in [0.25, 0.3) is 11.1 Å². The van der Waals surface area contributed by atoms with E-state index in [0.717, 1.165) is 11.1 Å². The van der Waals surface area contributed by atoms with Crippen molar-refractivity contribution in [1.29, 1.82) is 0 Å². The summed E-state index contributed by atoms with van der Waals surface area (Å²) in [5.41, 5.74) is 5.57. The van der Waals surface area contributed by atoms with Gasteiger partial charge in [-0.3, -0.25) is 0 Å². The van der Waals surface area contributed by atoms with E-state index in [-0.39, 0.29) is 0 Å². The van der Waals surface area contributed by atoms with Crippen molar-refractivity contribution in [3.05, 3.63) is 54.1 Å². The molecule has 0 unspecified atom stereocenters. The van der Waals surface area contributed by atoms with Crippen LogP contribution < -0.4 is 5.54 Å². The summed E-state index contributed by atoms with van der Waals surface area (Å²) in [5, 5.41) is 0. The van der Waals surface area contributed by atoms with Crippen LogP contribution in [0.2, 0.25) is 0 Å². The molecular formula is C13H12FN. The van der Waals surface area contributed by atoms with E-state index in [4.69, 9.17) is 0 Å². The minimum atomic E-state index is 0.478. The fraction of sp³-hybridized carbons (Fsp3) is 0.0769. The Bertz CT molecular complexity index is 431. The Morgan fingerprint density at radius 2 is 1.27 bits per heavy atom. The summed E-state index contributed by atoms with van der Waals surface area (Å²) in [6, 6.07) is 15.5. The summed E-state index contributed by atoms with van der Waals surface area (Å²) >= 11 is 0. The second-order valence-corrected chi connectivity index (χ2v) is 3.54. The van der Waals surface area contributed by atoms with Crippen LogP contribution in [0.1, 0.15) is 5.56 Å². The van der Waals surface area contributed by atoms with Gasteiger partial charge in [0, 0.05) is 0 Å². The van der Waals surface area contributed by atoms with E-state index in [2.05, 4.69) is 31.2 Å². The summed E-state index contributed by atoms with van der Waals surface area (Å²) in [5.74, 6) is 0. The first-order valence-corrected chi connectivity index (χ1v) is 4.83. The Labute approximate surface area is 88.5 Å². The van der Waals surface area contributed by atoms with Gasteiger partial charge in [-0.1, -0.05) is 42.0 Å². The predicted molar refractivity (Wildman–Crippen MR) is 61.3 cm³/mol. The Morgan fingerprint density at radius 3 is 1.73 bits per heavy atom. The largest absolute Gasteiger partial charge is 0.225 e. The Morgan fingerprint density at radius 1 is 0.800 bits per heavy atom. The zero-order valence-corrected chi connectivity index (χ0v) is 8.50. The second-order valence-electron chi connectivity index (χ2n) is 3.54. The van der Waals surface area contributed by atoms with Gasteiger partial charge in [-0.05, 0) is 30.2 Å². The van der Waals surface area contributed by atoms with Crippen LogP contribution in [0.3, 0.4) is 0 Å². The maximum absolute atomic E-state index is 12.1. The molecule has 0 aliphatic heterocycles. The van der Waals surface area contributed by atoms with Gasteiger partial charge in [-0.25, -0.2) is 5.54 Å². The van der Waals surface area contributed by atoms with Gasteiger partial charge in [0.2, 0.25) is 0 Å². The lowest BCUT2D eigenvalue weighted by atomic mass is 10.0. The van der Waals surface area contributed by atoms with E-state index >= 15 is 0 Å². The molecule has 2 aromatic carbocycles. The van der Waals surface area contributed by atoms with Gasteiger partial charge in [0.05, 0.1) is 5.69 Å². The topological polar surface area (TPSA) is 12.0 Å². The first-order valence-electron chi connectivity index (χ1n) is 4.83. The highest BCUT2D eigenvalue weighted by Crippen LogP contribution is 2.21. The number of hydrogen-bond donors (Lipinski definition) is 1. The van der Waals surface area contributed by atoms with Crippen molar-refractivity contribution in [1.82, 2.24) is 0 Å². The van der Waals surface area contributed by atoms with Crippen molar-refractivity contribution in [3.63, 3.8) is 0 Å². The van der Waals surface area contributed by atoms with E-state index in [1.54, 1.807) is 17.7 Å². The SMILES string of the molecule is Cc1ccc(-c2ccc(NF)cc2)cc1. The molecular weight excluding hydrogens is 189 g/mol. The third-order valence-electron chi connectivity index (χ3n) is 2.38. The fourth-order valence-corrected chi connectivity index (χ4v) is 1.47. The lowest BCUT2D eigenvalue weighted by Gasteiger charge is -2.03. The van der Waals surface area contributed by atoms with Crippen molar-refractivity contribution in [3.8, 4) is 11.1 Å². The molecule has 0 amide bonds. The molecule has 0 bridgehead atoms. The molecule has 0 aliphatic carbocycles. The molecule has 76 valence electrons. The zero-order valence-electron chi connectivity index (χ0n) is 8.50. The van der Waals surface area contributed by atoms with Gasteiger partial charge < -0.3 is 0 Å². The number of aryl methyl sites for hydroxylation is 1. The zero-order chi connectivity index (χ0) is 10.7. The second kappa shape index (κ2) is 4.13. The third kappa shape index (κ3) is 2.15. The molecule has 0 spiro atoms. The average Bonchev–Trinajstić information content (AvgIpc) is 2.30. The lowest BCUT2D eigenvalue weighted by molar-refractivity contribution is 0.618. The van der Waals surface area contributed by atoms with Gasteiger partial charge in [-0.2, -0.15) is 0 Å². The summed E-state index contributed by atoms with van der Waals surface area (Å²) in [6.07, 6.45) is 0. The standard InChI is InChI=1S/C13H12FN/c1-10-2-4-11(5-3-10)12-6-8-13(15-14)9-7-12/h2-9,15H,1H3. The highest BCUT2D eigenvalue weighted by Gasteiger charge is 1.97. The predicted octanol–water partition coefficient (Wildman–Crippen LogP) is 3.96. The maximum atomic E-state index is 12.1. The van der Waals surface area contributed by atoms with Crippen LogP contribution in [0.4, 0.5) is 10.2 Å². The molecule has 0 saturated heterocycles. The summed E-state index contributed by atoms with van der Waals surface area (Å²) in [4.78, 5) is 0. The number of rotatable bonds is 2. The summed E-state index contributed by atoms with van der Waals surface area (Å²) < 4.78 is 12.1. The normalized spacial score (nSPS) is 10.0. The Balaban J connectivity index is 2.33. The molecule has 0 saturated carbocycles. The number of benzene rings is 2. The number of halogens is 1. The van der Waals surface area contributed by atoms with Crippen LogP contribution in [0, 0.1) is 6.92 Å². The van der Waals surface area contributed by atoms with E-state index in [1.165, 1.54) is 5.56 Å². The number of nitrogens with one attached hydrogen (secondary N) is 1. The van der Waals surface area contributed by atoms with Crippen molar-refractivity contribution in [2.45, 2.75) is 6.92 Å². The van der Waals surface area contributed by atoms with E-state index in [0.29, 0.717) is 5.69 Å². The first-order chi connectivity index (χ1) is 7.29. The molecule has 0 radical (unpaired) electrons. The van der Waals surface area contributed by atoms with Crippen molar-refractivity contribution >= 4 is 5.69 Å². The minimum absolute atomic E-state index is 0.478. The van der Waals surface area contributed by atoms with Crippen LogP contribution in [-0.2, 0) is 0 Å². The van der Waals surface area contributed by atoms with Crippen molar-refractivity contribution in [2.75, 3.05) is 5.54 Å². The summed E-state index contributed by atoms with van der Waals surface area (Å²) in [7, 11) is 0. The molecule has 2 heteroatoms. The Kier molecular flexibility index (Phi) is 2.68. The van der Waals surface area contributed by atoms with Crippen molar-refractivity contribution in [2.24, 2.45) is 0 Å². The van der Waals surface area contributed by atoms with Crippen LogP contribution >= 0.6 is 0 Å². The van der Waals surface area contributed by atoms with Crippen LogP contribution in [-0.4, -0.2) is 0 Å². The van der Waals surface area contributed by atoms with Gasteiger partial charge in [-0.15, -0.1) is 4.48 Å². The highest BCUT2D eigenvalue weighted by molar-refractivity contribution is 5.65. The fourth-order valence-electron chi connectivity index (χ4n) is 1.47. The third-order valence-corrected chi connectivity index (χ3v) is 2.38. The monoisotopic (exact) mass is 201 g/mol. The minimum Gasteiger partial charge on any atom is -0.225 e.